The maximum atomic E-state index is 12.9. The van der Waals surface area contributed by atoms with E-state index in [4.69, 9.17) is 5.11 Å². The quantitative estimate of drug-likeness (QED) is 0.668. The Morgan fingerprint density at radius 1 is 1.42 bits per heavy atom. The Morgan fingerprint density at radius 3 is 2.88 bits per heavy atom. The summed E-state index contributed by atoms with van der Waals surface area (Å²) in [6, 6.07) is 6.24. The van der Waals surface area contributed by atoms with Gasteiger partial charge in [-0.25, -0.2) is 14.2 Å². The SMILES string of the molecule is O=C(O)c1csc(SCCN2C(=O)CC[C@@H]2CNc2ccc(F)cc2)n1. The highest BCUT2D eigenvalue weighted by atomic mass is 32.2. The Labute approximate surface area is 158 Å². The molecule has 138 valence electrons. The van der Waals surface area contributed by atoms with E-state index < -0.39 is 5.97 Å². The molecule has 1 aromatic heterocycles. The number of carboxylic acids is 1. The summed E-state index contributed by atoms with van der Waals surface area (Å²) in [5.41, 5.74) is 0.875. The Hall–Kier alpha value is -2.13. The van der Waals surface area contributed by atoms with Crippen LogP contribution in [-0.2, 0) is 4.79 Å². The predicted octanol–water partition coefficient (Wildman–Crippen LogP) is 3.18. The average molecular weight is 395 g/mol. The molecule has 0 saturated carbocycles. The molecular formula is C17H18FN3O3S2. The summed E-state index contributed by atoms with van der Waals surface area (Å²) in [6.45, 7) is 1.20. The van der Waals surface area contributed by atoms with Crippen molar-refractivity contribution in [3.63, 3.8) is 0 Å². The number of amides is 1. The fourth-order valence-corrected chi connectivity index (χ4v) is 4.58. The van der Waals surface area contributed by atoms with Gasteiger partial charge in [0.15, 0.2) is 10.0 Å². The minimum Gasteiger partial charge on any atom is -0.476 e. The number of thiazole rings is 1. The zero-order valence-electron chi connectivity index (χ0n) is 13.9. The van der Waals surface area contributed by atoms with Gasteiger partial charge in [0.05, 0.1) is 0 Å². The van der Waals surface area contributed by atoms with Gasteiger partial charge in [-0.2, -0.15) is 0 Å². The van der Waals surface area contributed by atoms with Crippen LogP contribution in [0.1, 0.15) is 23.3 Å². The highest BCUT2D eigenvalue weighted by Gasteiger charge is 2.30. The minimum atomic E-state index is -1.03. The lowest BCUT2D eigenvalue weighted by molar-refractivity contribution is -0.128. The second-order valence-electron chi connectivity index (χ2n) is 5.82. The molecule has 26 heavy (non-hydrogen) atoms. The van der Waals surface area contributed by atoms with Crippen LogP contribution in [0.3, 0.4) is 0 Å². The molecule has 9 heteroatoms. The largest absolute Gasteiger partial charge is 0.476 e. The van der Waals surface area contributed by atoms with Crippen LogP contribution in [0.4, 0.5) is 10.1 Å². The van der Waals surface area contributed by atoms with Crippen LogP contribution in [0.2, 0.25) is 0 Å². The highest BCUT2D eigenvalue weighted by Crippen LogP contribution is 2.25. The van der Waals surface area contributed by atoms with Crippen molar-refractivity contribution in [2.75, 3.05) is 24.2 Å². The first-order valence-corrected chi connectivity index (χ1v) is 10.00. The van der Waals surface area contributed by atoms with Crippen LogP contribution in [0.25, 0.3) is 0 Å². The van der Waals surface area contributed by atoms with Crippen molar-refractivity contribution < 1.29 is 19.1 Å². The lowest BCUT2D eigenvalue weighted by Gasteiger charge is -2.25. The number of hydrogen-bond acceptors (Lipinski definition) is 6. The monoisotopic (exact) mass is 395 g/mol. The van der Waals surface area contributed by atoms with Gasteiger partial charge in [-0.05, 0) is 30.7 Å². The van der Waals surface area contributed by atoms with Crippen molar-refractivity contribution in [2.45, 2.75) is 23.2 Å². The van der Waals surface area contributed by atoms with Crippen molar-refractivity contribution in [3.8, 4) is 0 Å². The number of thioether (sulfide) groups is 1. The zero-order chi connectivity index (χ0) is 18.5. The molecule has 1 fully saturated rings. The van der Waals surface area contributed by atoms with Crippen LogP contribution in [-0.4, -0.2) is 51.8 Å². The van der Waals surface area contributed by atoms with Crippen molar-refractivity contribution in [1.82, 2.24) is 9.88 Å². The second kappa shape index (κ2) is 8.50. The molecule has 0 spiro atoms. The minimum absolute atomic E-state index is 0.0520. The number of nitrogens with one attached hydrogen (secondary N) is 1. The maximum Gasteiger partial charge on any atom is 0.355 e. The van der Waals surface area contributed by atoms with Crippen LogP contribution in [0, 0.1) is 5.82 Å². The Bertz CT molecular complexity index is 782. The van der Waals surface area contributed by atoms with Crippen LogP contribution >= 0.6 is 23.1 Å². The number of benzene rings is 1. The number of halogens is 1. The number of carboxylic acid groups (broad SMARTS) is 1. The normalized spacial score (nSPS) is 16.9. The topological polar surface area (TPSA) is 82.5 Å². The van der Waals surface area contributed by atoms with Gasteiger partial charge in [0.2, 0.25) is 5.91 Å². The standard InChI is InChI=1S/C17H18FN3O3S2/c18-11-1-3-12(4-2-11)19-9-13-5-6-15(22)21(13)7-8-25-17-20-14(10-26-17)16(23)24/h1-4,10,13,19H,5-9H2,(H,23,24)/t13-/m1/s1. The van der Waals surface area contributed by atoms with Crippen molar-refractivity contribution >= 4 is 40.7 Å². The van der Waals surface area contributed by atoms with E-state index in [9.17, 15) is 14.0 Å². The van der Waals surface area contributed by atoms with Gasteiger partial charge in [0, 0.05) is 42.4 Å². The molecular weight excluding hydrogens is 377 g/mol. The molecule has 1 aliphatic heterocycles. The van der Waals surface area contributed by atoms with Gasteiger partial charge in [0.1, 0.15) is 5.82 Å². The number of hydrogen-bond donors (Lipinski definition) is 2. The van der Waals surface area contributed by atoms with Gasteiger partial charge in [-0.3, -0.25) is 4.79 Å². The van der Waals surface area contributed by atoms with Crippen LogP contribution < -0.4 is 5.32 Å². The summed E-state index contributed by atoms with van der Waals surface area (Å²) in [5.74, 6) is -0.527. The van der Waals surface area contributed by atoms with E-state index in [-0.39, 0.29) is 23.5 Å². The second-order valence-corrected chi connectivity index (χ2v) is 8.02. The first-order chi connectivity index (χ1) is 12.5. The summed E-state index contributed by atoms with van der Waals surface area (Å²) in [6.07, 6.45) is 1.32. The van der Waals surface area contributed by atoms with Gasteiger partial charge < -0.3 is 15.3 Å². The third kappa shape index (κ3) is 4.73. The molecule has 2 N–H and O–H groups in total. The van der Waals surface area contributed by atoms with Crippen LogP contribution in [0.15, 0.2) is 34.0 Å². The highest BCUT2D eigenvalue weighted by molar-refractivity contribution is 8.01. The van der Waals surface area contributed by atoms with Crippen molar-refractivity contribution in [3.05, 3.63) is 41.2 Å². The first kappa shape index (κ1) is 18.7. The molecule has 1 atom stereocenters. The van der Waals surface area contributed by atoms with Gasteiger partial charge >= 0.3 is 5.97 Å². The fourth-order valence-electron chi connectivity index (χ4n) is 2.77. The van der Waals surface area contributed by atoms with Crippen LogP contribution in [0.5, 0.6) is 0 Å². The Balaban J connectivity index is 1.49. The molecule has 6 nitrogen and oxygen atoms in total. The number of carbonyl (C=O) groups excluding carboxylic acids is 1. The molecule has 0 unspecified atom stereocenters. The smallest absolute Gasteiger partial charge is 0.355 e. The van der Waals surface area contributed by atoms with Gasteiger partial charge in [0.25, 0.3) is 0 Å². The van der Waals surface area contributed by atoms with Crippen molar-refractivity contribution in [2.24, 2.45) is 0 Å². The van der Waals surface area contributed by atoms with E-state index in [2.05, 4.69) is 10.3 Å². The third-order valence-electron chi connectivity index (χ3n) is 4.10. The first-order valence-electron chi connectivity index (χ1n) is 8.13. The zero-order valence-corrected chi connectivity index (χ0v) is 15.5. The molecule has 0 radical (unpaired) electrons. The molecule has 1 aromatic carbocycles. The van der Waals surface area contributed by atoms with Crippen molar-refractivity contribution in [1.29, 1.82) is 0 Å². The maximum absolute atomic E-state index is 12.9. The predicted molar refractivity (Wildman–Crippen MR) is 99.4 cm³/mol. The van der Waals surface area contributed by atoms with E-state index in [1.165, 1.54) is 40.6 Å². The number of likely N-dealkylation sites (tertiary alicyclic amines) is 1. The summed E-state index contributed by atoms with van der Waals surface area (Å²) >= 11 is 2.75. The van der Waals surface area contributed by atoms with E-state index in [0.29, 0.717) is 29.6 Å². The molecule has 1 amide bonds. The lowest BCUT2D eigenvalue weighted by Crippen LogP contribution is -2.39. The van der Waals surface area contributed by atoms with Gasteiger partial charge in [-0.15, -0.1) is 11.3 Å². The average Bonchev–Trinajstić information content (AvgIpc) is 3.23. The molecule has 1 aliphatic rings. The Kier molecular flexibility index (Phi) is 6.10. The summed E-state index contributed by atoms with van der Waals surface area (Å²) < 4.78 is 13.6. The Morgan fingerprint density at radius 2 is 2.19 bits per heavy atom. The van der Waals surface area contributed by atoms with E-state index in [1.54, 1.807) is 12.1 Å². The molecule has 0 bridgehead atoms. The number of aromatic carboxylic acids is 1. The van der Waals surface area contributed by atoms with E-state index in [1.807, 2.05) is 4.90 Å². The number of rotatable bonds is 8. The number of carbonyl (C=O) groups is 2. The number of aromatic nitrogens is 1. The lowest BCUT2D eigenvalue weighted by atomic mass is 10.2. The molecule has 1 saturated heterocycles. The molecule has 2 aromatic rings. The molecule has 0 aliphatic carbocycles. The molecule has 3 rings (SSSR count). The van der Waals surface area contributed by atoms with E-state index >= 15 is 0 Å². The van der Waals surface area contributed by atoms with Gasteiger partial charge in [-0.1, -0.05) is 11.8 Å². The number of nitrogens with zero attached hydrogens (tertiary/aromatic N) is 2. The fraction of sp³-hybridized carbons (Fsp3) is 0.353. The number of anilines is 1. The summed E-state index contributed by atoms with van der Waals surface area (Å²) in [7, 11) is 0. The third-order valence-corrected chi connectivity index (χ3v) is 6.10. The summed E-state index contributed by atoms with van der Waals surface area (Å²) in [4.78, 5) is 28.9. The summed E-state index contributed by atoms with van der Waals surface area (Å²) in [5, 5.41) is 13.6. The molecule has 2 heterocycles. The van der Waals surface area contributed by atoms with E-state index in [0.717, 1.165) is 12.1 Å².